The fourth-order valence-corrected chi connectivity index (χ4v) is 2.94. The minimum absolute atomic E-state index is 0.163. The van der Waals surface area contributed by atoms with Crippen molar-refractivity contribution in [3.8, 4) is 5.75 Å². The lowest BCUT2D eigenvalue weighted by molar-refractivity contribution is 0.408. The molecule has 3 aromatic rings. The predicted molar refractivity (Wildman–Crippen MR) is 86.3 cm³/mol. The molecule has 0 saturated carbocycles. The van der Waals surface area contributed by atoms with Crippen molar-refractivity contribution in [2.45, 2.75) is 13.0 Å². The molecule has 7 heteroatoms. The monoisotopic (exact) mass is 315 g/mol. The van der Waals surface area contributed by atoms with Crippen LogP contribution in [0.1, 0.15) is 22.4 Å². The van der Waals surface area contributed by atoms with Crippen LogP contribution in [0.3, 0.4) is 0 Å². The van der Waals surface area contributed by atoms with Gasteiger partial charge in [0.1, 0.15) is 22.6 Å². The summed E-state index contributed by atoms with van der Waals surface area (Å²) in [6.45, 7) is 1.93. The van der Waals surface area contributed by atoms with Gasteiger partial charge in [-0.3, -0.25) is 0 Å². The molecule has 114 valence electrons. The number of ether oxygens (including phenoxy) is 1. The van der Waals surface area contributed by atoms with Gasteiger partial charge in [-0.2, -0.15) is 0 Å². The minimum Gasteiger partial charge on any atom is -0.496 e. The lowest BCUT2D eigenvalue weighted by Crippen LogP contribution is -2.17. The SMILES string of the molecule is COc1ccccc1C(Nc1nnc(C)s1)c1nccn1C. The first-order chi connectivity index (χ1) is 10.7. The highest BCUT2D eigenvalue weighted by molar-refractivity contribution is 7.15. The van der Waals surface area contributed by atoms with Crippen LogP contribution >= 0.6 is 11.3 Å². The number of hydrogen-bond acceptors (Lipinski definition) is 6. The highest BCUT2D eigenvalue weighted by Gasteiger charge is 2.22. The van der Waals surface area contributed by atoms with E-state index in [2.05, 4.69) is 20.5 Å². The molecule has 0 spiro atoms. The standard InChI is InChI=1S/C15H17N5OS/c1-10-18-19-15(22-10)17-13(14-16-8-9-20(14)2)11-6-4-5-7-12(11)21-3/h4-9,13H,1-3H3,(H,17,19). The Morgan fingerprint density at radius 2 is 2.09 bits per heavy atom. The maximum atomic E-state index is 5.50. The number of imidazole rings is 1. The van der Waals surface area contributed by atoms with Gasteiger partial charge < -0.3 is 14.6 Å². The molecule has 0 aliphatic rings. The first-order valence-corrected chi connectivity index (χ1v) is 7.67. The molecule has 0 bridgehead atoms. The van der Waals surface area contributed by atoms with Crippen LogP contribution < -0.4 is 10.1 Å². The first-order valence-electron chi connectivity index (χ1n) is 6.86. The molecule has 6 nitrogen and oxygen atoms in total. The van der Waals surface area contributed by atoms with Crippen molar-refractivity contribution in [2.24, 2.45) is 7.05 Å². The van der Waals surface area contributed by atoms with Crippen LogP contribution in [0.15, 0.2) is 36.7 Å². The van der Waals surface area contributed by atoms with Gasteiger partial charge >= 0.3 is 0 Å². The lowest BCUT2D eigenvalue weighted by Gasteiger charge is -2.20. The maximum absolute atomic E-state index is 5.50. The van der Waals surface area contributed by atoms with Crippen molar-refractivity contribution in [3.05, 3.63) is 53.1 Å². The Labute approximate surface area is 132 Å². The summed E-state index contributed by atoms with van der Waals surface area (Å²) < 4.78 is 7.48. The number of rotatable bonds is 5. The van der Waals surface area contributed by atoms with Crippen molar-refractivity contribution >= 4 is 16.5 Å². The highest BCUT2D eigenvalue weighted by atomic mass is 32.1. The summed E-state index contributed by atoms with van der Waals surface area (Å²) in [7, 11) is 3.64. The number of benzene rings is 1. The molecular weight excluding hydrogens is 298 g/mol. The van der Waals surface area contributed by atoms with Gasteiger partial charge in [-0.05, 0) is 13.0 Å². The third kappa shape index (κ3) is 2.80. The molecule has 2 heterocycles. The van der Waals surface area contributed by atoms with E-state index in [9.17, 15) is 0 Å². The zero-order valence-electron chi connectivity index (χ0n) is 12.6. The van der Waals surface area contributed by atoms with Gasteiger partial charge in [-0.15, -0.1) is 10.2 Å². The van der Waals surface area contributed by atoms with Crippen LogP contribution in [0.5, 0.6) is 5.75 Å². The number of aryl methyl sites for hydroxylation is 2. The Balaban J connectivity index is 2.05. The summed E-state index contributed by atoms with van der Waals surface area (Å²) in [5.41, 5.74) is 1.01. The molecule has 1 unspecified atom stereocenters. The summed E-state index contributed by atoms with van der Waals surface area (Å²) in [5, 5.41) is 13.3. The van der Waals surface area contributed by atoms with E-state index in [-0.39, 0.29) is 6.04 Å². The summed E-state index contributed by atoms with van der Waals surface area (Å²) >= 11 is 1.52. The van der Waals surface area contributed by atoms with Crippen LogP contribution in [0.25, 0.3) is 0 Å². The number of aromatic nitrogens is 4. The fraction of sp³-hybridized carbons (Fsp3) is 0.267. The molecule has 0 aliphatic carbocycles. The summed E-state index contributed by atoms with van der Waals surface area (Å²) in [6.07, 6.45) is 3.70. The molecule has 22 heavy (non-hydrogen) atoms. The topological polar surface area (TPSA) is 64.9 Å². The Bertz CT molecular complexity index is 767. The first kappa shape index (κ1) is 14.5. The molecule has 1 aromatic carbocycles. The Kier molecular flexibility index (Phi) is 4.06. The number of hydrogen-bond donors (Lipinski definition) is 1. The molecule has 1 atom stereocenters. The molecule has 0 saturated heterocycles. The van der Waals surface area contributed by atoms with E-state index in [0.29, 0.717) is 0 Å². The van der Waals surface area contributed by atoms with Gasteiger partial charge in [0.15, 0.2) is 0 Å². The molecule has 0 aliphatic heterocycles. The van der Waals surface area contributed by atoms with E-state index >= 15 is 0 Å². The normalized spacial score (nSPS) is 12.1. The van der Waals surface area contributed by atoms with Crippen LogP contribution in [-0.4, -0.2) is 26.9 Å². The summed E-state index contributed by atoms with van der Waals surface area (Å²) in [6, 6.07) is 7.74. The van der Waals surface area contributed by atoms with Crippen molar-refractivity contribution in [1.29, 1.82) is 0 Å². The molecule has 0 fully saturated rings. The zero-order chi connectivity index (χ0) is 15.5. The van der Waals surface area contributed by atoms with Gasteiger partial charge in [0.05, 0.1) is 7.11 Å². The minimum atomic E-state index is -0.163. The third-order valence-electron chi connectivity index (χ3n) is 3.36. The molecule has 0 radical (unpaired) electrons. The second-order valence-corrected chi connectivity index (χ2v) is 6.02. The lowest BCUT2D eigenvalue weighted by atomic mass is 10.1. The second kappa shape index (κ2) is 6.15. The van der Waals surface area contributed by atoms with E-state index in [1.165, 1.54) is 11.3 Å². The van der Waals surface area contributed by atoms with Gasteiger partial charge in [0, 0.05) is 25.0 Å². The number of nitrogens with zero attached hydrogens (tertiary/aromatic N) is 4. The summed E-state index contributed by atoms with van der Waals surface area (Å²) in [5.74, 6) is 1.70. The number of methoxy groups -OCH3 is 1. The van der Waals surface area contributed by atoms with Crippen LogP contribution in [0.4, 0.5) is 5.13 Å². The second-order valence-electron chi connectivity index (χ2n) is 4.84. The van der Waals surface area contributed by atoms with Crippen molar-refractivity contribution < 1.29 is 4.74 Å². The van der Waals surface area contributed by atoms with E-state index < -0.39 is 0 Å². The average Bonchev–Trinajstić information content (AvgIpc) is 3.13. The van der Waals surface area contributed by atoms with E-state index in [4.69, 9.17) is 4.74 Å². The molecular formula is C15H17N5OS. The molecule has 0 amide bonds. The van der Waals surface area contributed by atoms with Gasteiger partial charge in [-0.1, -0.05) is 29.5 Å². The van der Waals surface area contributed by atoms with Gasteiger partial charge in [0.2, 0.25) is 5.13 Å². The number of para-hydroxylation sites is 1. The third-order valence-corrected chi connectivity index (χ3v) is 4.13. The van der Waals surface area contributed by atoms with Crippen molar-refractivity contribution in [3.63, 3.8) is 0 Å². The fourth-order valence-electron chi connectivity index (χ4n) is 2.32. The Hall–Kier alpha value is -2.41. The largest absolute Gasteiger partial charge is 0.496 e. The van der Waals surface area contributed by atoms with Gasteiger partial charge in [0.25, 0.3) is 0 Å². The Morgan fingerprint density at radius 1 is 1.27 bits per heavy atom. The van der Waals surface area contributed by atoms with E-state index in [0.717, 1.165) is 27.3 Å². The van der Waals surface area contributed by atoms with Crippen LogP contribution in [0.2, 0.25) is 0 Å². The Morgan fingerprint density at radius 3 is 2.73 bits per heavy atom. The average molecular weight is 315 g/mol. The maximum Gasteiger partial charge on any atom is 0.206 e. The molecule has 2 aromatic heterocycles. The number of nitrogens with one attached hydrogen (secondary N) is 1. The predicted octanol–water partition coefficient (Wildman–Crippen LogP) is 2.79. The van der Waals surface area contributed by atoms with E-state index in [1.807, 2.05) is 49.0 Å². The van der Waals surface area contributed by atoms with Crippen molar-refractivity contribution in [2.75, 3.05) is 12.4 Å². The molecule has 1 N–H and O–H groups in total. The highest BCUT2D eigenvalue weighted by Crippen LogP contribution is 2.32. The van der Waals surface area contributed by atoms with Crippen LogP contribution in [0, 0.1) is 6.92 Å². The van der Waals surface area contributed by atoms with Gasteiger partial charge in [-0.25, -0.2) is 4.98 Å². The van der Waals surface area contributed by atoms with Crippen molar-refractivity contribution in [1.82, 2.24) is 19.7 Å². The smallest absolute Gasteiger partial charge is 0.206 e. The summed E-state index contributed by atoms with van der Waals surface area (Å²) in [4.78, 5) is 4.47. The zero-order valence-corrected chi connectivity index (χ0v) is 13.5. The number of anilines is 1. The quantitative estimate of drug-likeness (QED) is 0.784. The van der Waals surface area contributed by atoms with E-state index in [1.54, 1.807) is 13.3 Å². The molecule has 3 rings (SSSR count). The van der Waals surface area contributed by atoms with Crippen LogP contribution in [-0.2, 0) is 7.05 Å².